The third kappa shape index (κ3) is 3.69. The van der Waals surface area contributed by atoms with E-state index in [2.05, 4.69) is 26.8 Å². The van der Waals surface area contributed by atoms with Gasteiger partial charge in [-0.15, -0.1) is 11.3 Å². The van der Waals surface area contributed by atoms with E-state index < -0.39 is 10.0 Å². The lowest BCUT2D eigenvalue weighted by Crippen LogP contribution is -2.51. The maximum atomic E-state index is 12.8. The summed E-state index contributed by atoms with van der Waals surface area (Å²) in [7, 11) is -3.29. The summed E-state index contributed by atoms with van der Waals surface area (Å²) < 4.78 is 27.1. The largest absolute Gasteiger partial charge is 0.347 e. The fraction of sp³-hybridized carbons (Fsp3) is 0.600. The van der Waals surface area contributed by atoms with Crippen LogP contribution >= 0.6 is 11.3 Å². The summed E-state index contributed by atoms with van der Waals surface area (Å²) in [5, 5.41) is 0. The minimum Gasteiger partial charge on any atom is -0.347 e. The average Bonchev–Trinajstić information content (AvgIpc) is 3.24. The van der Waals surface area contributed by atoms with E-state index in [1.54, 1.807) is 22.2 Å². The molecule has 1 atom stereocenters. The minimum atomic E-state index is -3.29. The molecule has 1 N–H and O–H groups in total. The Morgan fingerprint density at radius 2 is 2.21 bits per heavy atom. The van der Waals surface area contributed by atoms with Gasteiger partial charge in [0.25, 0.3) is 0 Å². The zero-order valence-corrected chi connectivity index (χ0v) is 15.6. The second-order valence-corrected chi connectivity index (χ2v) is 8.93. The van der Waals surface area contributed by atoms with Crippen LogP contribution in [0.2, 0.25) is 0 Å². The molecule has 0 spiro atoms. The Balaban J connectivity index is 1.70. The summed E-state index contributed by atoms with van der Waals surface area (Å²) >= 11 is 1.52. The van der Waals surface area contributed by atoms with Gasteiger partial charge in [-0.2, -0.15) is 4.31 Å². The zero-order valence-electron chi connectivity index (χ0n) is 14.0. The van der Waals surface area contributed by atoms with Gasteiger partial charge >= 0.3 is 0 Å². The maximum absolute atomic E-state index is 12.8. The molecule has 1 aliphatic rings. The number of aromatic nitrogens is 3. The van der Waals surface area contributed by atoms with Crippen LogP contribution in [0.1, 0.15) is 29.4 Å². The molecule has 3 rings (SSSR count). The topological polar surface area (TPSA) is 82.2 Å². The standard InChI is InChI=1S/C15H23N5O2S2/c1-3-19-7-8-20(10-13(19)15-16-5-6-17-15)24(21,22)9-4-14-12(2)18-11-23-14/h5-6,11,13H,3-4,7-10H2,1-2H3,(H,16,17). The number of piperazine rings is 1. The first-order valence-corrected chi connectivity index (χ1v) is 10.6. The van der Waals surface area contributed by atoms with Gasteiger partial charge in [-0.05, 0) is 19.9 Å². The van der Waals surface area contributed by atoms with Crippen LogP contribution in [0.15, 0.2) is 17.9 Å². The highest BCUT2D eigenvalue weighted by atomic mass is 32.2. The number of H-pyrrole nitrogens is 1. The SMILES string of the molecule is CCN1CCN(S(=O)(=O)CCc2scnc2C)CC1c1ncc[nH]1. The summed E-state index contributed by atoms with van der Waals surface area (Å²) in [4.78, 5) is 15.0. The number of aryl methyl sites for hydroxylation is 2. The lowest BCUT2D eigenvalue weighted by atomic mass is 10.2. The van der Waals surface area contributed by atoms with E-state index in [0.29, 0.717) is 19.5 Å². The molecule has 1 saturated heterocycles. The molecule has 24 heavy (non-hydrogen) atoms. The first-order valence-electron chi connectivity index (χ1n) is 8.11. The third-order valence-electron chi connectivity index (χ3n) is 4.52. The van der Waals surface area contributed by atoms with E-state index in [1.165, 1.54) is 11.3 Å². The number of likely N-dealkylation sites (N-methyl/N-ethyl adjacent to an activating group) is 1. The summed E-state index contributed by atoms with van der Waals surface area (Å²) in [5.41, 5.74) is 2.70. The summed E-state index contributed by atoms with van der Waals surface area (Å²) in [6.07, 6.45) is 4.02. The van der Waals surface area contributed by atoms with Gasteiger partial charge in [-0.3, -0.25) is 4.90 Å². The minimum absolute atomic E-state index is 0.0151. The molecular formula is C15H23N5O2S2. The van der Waals surface area contributed by atoms with E-state index in [0.717, 1.165) is 29.5 Å². The van der Waals surface area contributed by atoms with Crippen LogP contribution < -0.4 is 0 Å². The second kappa shape index (κ2) is 7.30. The Labute approximate surface area is 146 Å². The number of imidazole rings is 1. The lowest BCUT2D eigenvalue weighted by molar-refractivity contribution is 0.119. The Bertz CT molecular complexity index is 757. The van der Waals surface area contributed by atoms with E-state index in [-0.39, 0.29) is 11.8 Å². The predicted octanol–water partition coefficient (Wildman–Crippen LogP) is 1.43. The van der Waals surface area contributed by atoms with Crippen LogP contribution in [0.4, 0.5) is 0 Å². The number of rotatable bonds is 6. The highest BCUT2D eigenvalue weighted by molar-refractivity contribution is 7.89. The fourth-order valence-corrected chi connectivity index (χ4v) is 5.42. The van der Waals surface area contributed by atoms with Gasteiger partial charge in [0, 0.05) is 36.9 Å². The number of nitrogens with one attached hydrogen (secondary N) is 1. The van der Waals surface area contributed by atoms with Gasteiger partial charge in [0.05, 0.1) is 23.0 Å². The fourth-order valence-electron chi connectivity index (χ4n) is 3.06. The monoisotopic (exact) mass is 369 g/mol. The molecule has 2 aromatic rings. The molecule has 1 unspecified atom stereocenters. The summed E-state index contributed by atoms with van der Waals surface area (Å²) in [6.45, 7) is 6.60. The highest BCUT2D eigenvalue weighted by Gasteiger charge is 2.34. The molecule has 0 radical (unpaired) electrons. The van der Waals surface area contributed by atoms with Crippen molar-refractivity contribution in [2.75, 3.05) is 31.9 Å². The number of hydrogen-bond acceptors (Lipinski definition) is 6. The van der Waals surface area contributed by atoms with Crippen LogP contribution in [0, 0.1) is 6.92 Å². The van der Waals surface area contributed by atoms with E-state index in [1.807, 2.05) is 6.92 Å². The first kappa shape index (κ1) is 17.5. The molecule has 1 fully saturated rings. The summed E-state index contributed by atoms with van der Waals surface area (Å²) in [6, 6.07) is -0.0151. The maximum Gasteiger partial charge on any atom is 0.214 e. The molecule has 0 amide bonds. The quantitative estimate of drug-likeness (QED) is 0.833. The second-order valence-electron chi connectivity index (χ2n) is 5.90. The molecule has 1 aliphatic heterocycles. The van der Waals surface area contributed by atoms with Crippen LogP contribution in [0.5, 0.6) is 0 Å². The van der Waals surface area contributed by atoms with Crippen molar-refractivity contribution < 1.29 is 8.42 Å². The molecule has 2 aromatic heterocycles. The Kier molecular flexibility index (Phi) is 5.33. The van der Waals surface area contributed by atoms with Gasteiger partial charge in [-0.1, -0.05) is 6.92 Å². The third-order valence-corrected chi connectivity index (χ3v) is 7.35. The van der Waals surface area contributed by atoms with Crippen molar-refractivity contribution >= 4 is 21.4 Å². The number of nitrogens with zero attached hydrogens (tertiary/aromatic N) is 4. The number of aromatic amines is 1. The Hall–Kier alpha value is -1.29. The van der Waals surface area contributed by atoms with E-state index in [4.69, 9.17) is 0 Å². The molecule has 132 valence electrons. The molecule has 7 nitrogen and oxygen atoms in total. The first-order chi connectivity index (χ1) is 11.5. The normalized spacial score (nSPS) is 20.5. The number of thiazole rings is 1. The molecule has 9 heteroatoms. The predicted molar refractivity (Wildman–Crippen MR) is 94.5 cm³/mol. The average molecular weight is 370 g/mol. The summed E-state index contributed by atoms with van der Waals surface area (Å²) in [5.74, 6) is 0.961. The molecule has 0 aliphatic carbocycles. The Morgan fingerprint density at radius 3 is 2.83 bits per heavy atom. The van der Waals surface area contributed by atoms with Gasteiger partial charge in [0.2, 0.25) is 10.0 Å². The van der Waals surface area contributed by atoms with Crippen molar-refractivity contribution in [1.82, 2.24) is 24.2 Å². The molecular weight excluding hydrogens is 346 g/mol. The molecule has 0 saturated carbocycles. The van der Waals surface area contributed by atoms with Gasteiger partial charge in [-0.25, -0.2) is 18.4 Å². The van der Waals surface area contributed by atoms with Crippen molar-refractivity contribution in [2.24, 2.45) is 0 Å². The van der Waals surface area contributed by atoms with Crippen LogP contribution in [0.3, 0.4) is 0 Å². The molecule has 0 aromatic carbocycles. The highest BCUT2D eigenvalue weighted by Crippen LogP contribution is 2.25. The van der Waals surface area contributed by atoms with Crippen LogP contribution in [0.25, 0.3) is 0 Å². The van der Waals surface area contributed by atoms with Crippen LogP contribution in [-0.4, -0.2) is 64.5 Å². The van der Waals surface area contributed by atoms with E-state index in [9.17, 15) is 8.42 Å². The number of hydrogen-bond donors (Lipinski definition) is 1. The van der Waals surface area contributed by atoms with Crippen molar-refractivity contribution in [3.05, 3.63) is 34.3 Å². The van der Waals surface area contributed by atoms with Gasteiger partial charge in [0.15, 0.2) is 0 Å². The van der Waals surface area contributed by atoms with Crippen molar-refractivity contribution in [3.8, 4) is 0 Å². The number of sulfonamides is 1. The van der Waals surface area contributed by atoms with Crippen molar-refractivity contribution in [3.63, 3.8) is 0 Å². The van der Waals surface area contributed by atoms with Crippen molar-refractivity contribution in [1.29, 1.82) is 0 Å². The Morgan fingerprint density at radius 1 is 1.38 bits per heavy atom. The van der Waals surface area contributed by atoms with Crippen LogP contribution in [-0.2, 0) is 16.4 Å². The molecule has 0 bridgehead atoms. The van der Waals surface area contributed by atoms with Crippen molar-refractivity contribution in [2.45, 2.75) is 26.3 Å². The van der Waals surface area contributed by atoms with Gasteiger partial charge in [0.1, 0.15) is 5.82 Å². The van der Waals surface area contributed by atoms with E-state index >= 15 is 0 Å². The van der Waals surface area contributed by atoms with Gasteiger partial charge < -0.3 is 4.98 Å². The smallest absolute Gasteiger partial charge is 0.214 e. The lowest BCUT2D eigenvalue weighted by Gasteiger charge is -2.39. The molecule has 3 heterocycles. The zero-order chi connectivity index (χ0) is 17.2.